The summed E-state index contributed by atoms with van der Waals surface area (Å²) in [6.07, 6.45) is 3.45. The van der Waals surface area contributed by atoms with Gasteiger partial charge in [-0.1, -0.05) is 48.0 Å². The molecule has 1 N–H and O–H groups in total. The number of rotatable bonds is 5. The van der Waals surface area contributed by atoms with Gasteiger partial charge in [0.2, 0.25) is 0 Å². The molecule has 0 bridgehead atoms. The molecule has 2 heterocycles. The Kier molecular flexibility index (Phi) is 5.17. The van der Waals surface area contributed by atoms with E-state index >= 15 is 0 Å². The Bertz CT molecular complexity index is 1470. The molecule has 2 aromatic heterocycles. The van der Waals surface area contributed by atoms with Crippen molar-refractivity contribution in [1.82, 2.24) is 9.55 Å². The Balaban J connectivity index is 1.44. The van der Waals surface area contributed by atoms with Gasteiger partial charge in [-0.2, -0.15) is 0 Å². The zero-order chi connectivity index (χ0) is 22.1. The van der Waals surface area contributed by atoms with E-state index in [2.05, 4.69) is 10.3 Å². The second-order valence-corrected chi connectivity index (χ2v) is 7.94. The number of Topliss-reactive ketones (excluding diaryl/α,β-unsaturated/α-hetero) is 1. The topological polar surface area (TPSA) is 64.0 Å². The highest BCUT2D eigenvalue weighted by molar-refractivity contribution is 6.48. The van der Waals surface area contributed by atoms with Crippen LogP contribution in [-0.4, -0.2) is 21.2 Å². The summed E-state index contributed by atoms with van der Waals surface area (Å²) in [5.41, 5.74) is 3.67. The number of carbonyl (C=O) groups is 2. The molecule has 5 rings (SSSR count). The van der Waals surface area contributed by atoms with E-state index in [9.17, 15) is 9.59 Å². The van der Waals surface area contributed by atoms with Crippen LogP contribution in [0.2, 0.25) is 5.02 Å². The fourth-order valence-corrected chi connectivity index (χ4v) is 3.93. The molecule has 0 saturated carbocycles. The Morgan fingerprint density at radius 1 is 0.938 bits per heavy atom. The molecule has 6 heteroatoms. The fourth-order valence-electron chi connectivity index (χ4n) is 3.81. The summed E-state index contributed by atoms with van der Waals surface area (Å²) >= 11 is 5.99. The number of para-hydroxylation sites is 1. The van der Waals surface area contributed by atoms with Crippen LogP contribution in [-0.2, 0) is 11.3 Å². The lowest BCUT2D eigenvalue weighted by molar-refractivity contribution is -0.112. The molecule has 0 aliphatic heterocycles. The smallest absolute Gasteiger partial charge is 0.296 e. The number of halogens is 1. The van der Waals surface area contributed by atoms with Gasteiger partial charge >= 0.3 is 0 Å². The van der Waals surface area contributed by atoms with Gasteiger partial charge in [0.1, 0.15) is 0 Å². The zero-order valence-corrected chi connectivity index (χ0v) is 17.7. The molecule has 5 aromatic rings. The van der Waals surface area contributed by atoms with Crippen LogP contribution >= 0.6 is 11.6 Å². The lowest BCUT2D eigenvalue weighted by Gasteiger charge is -2.06. The van der Waals surface area contributed by atoms with E-state index in [4.69, 9.17) is 11.6 Å². The number of aromatic nitrogens is 2. The van der Waals surface area contributed by atoms with Crippen LogP contribution in [0.3, 0.4) is 0 Å². The largest absolute Gasteiger partial charge is 0.342 e. The minimum absolute atomic E-state index is 0.370. The second-order valence-electron chi connectivity index (χ2n) is 7.51. The van der Waals surface area contributed by atoms with E-state index in [1.165, 1.54) is 0 Å². The number of hydrogen-bond donors (Lipinski definition) is 1. The number of benzene rings is 3. The Labute approximate surface area is 189 Å². The summed E-state index contributed by atoms with van der Waals surface area (Å²) in [5, 5.41) is 5.02. The number of pyridine rings is 1. The molecule has 32 heavy (non-hydrogen) atoms. The SMILES string of the molecule is O=C(Nc1ccc2ncccc2c1)C(=O)c1cn(Cc2ccc(Cl)cc2)c2ccccc12. The number of anilines is 1. The van der Waals surface area contributed by atoms with E-state index < -0.39 is 11.7 Å². The van der Waals surface area contributed by atoms with Gasteiger partial charge in [-0.3, -0.25) is 14.6 Å². The van der Waals surface area contributed by atoms with Crippen LogP contribution in [0, 0.1) is 0 Å². The summed E-state index contributed by atoms with van der Waals surface area (Å²) < 4.78 is 1.97. The first-order valence-electron chi connectivity index (χ1n) is 10.1. The molecule has 0 spiro atoms. The minimum atomic E-state index is -0.678. The predicted molar refractivity (Wildman–Crippen MR) is 127 cm³/mol. The van der Waals surface area contributed by atoms with Crippen molar-refractivity contribution < 1.29 is 9.59 Å². The highest BCUT2D eigenvalue weighted by Crippen LogP contribution is 2.24. The number of carbonyl (C=O) groups excluding carboxylic acids is 2. The number of ketones is 1. The van der Waals surface area contributed by atoms with Gasteiger partial charge < -0.3 is 9.88 Å². The molecule has 0 radical (unpaired) electrons. The van der Waals surface area contributed by atoms with Gasteiger partial charge in [0.25, 0.3) is 11.7 Å². The van der Waals surface area contributed by atoms with Gasteiger partial charge in [0, 0.05) is 45.9 Å². The van der Waals surface area contributed by atoms with Crippen molar-refractivity contribution in [2.75, 3.05) is 5.32 Å². The molecular formula is C26H18ClN3O2. The standard InChI is InChI=1S/C26H18ClN3O2/c27-19-9-7-17(8-10-19)15-30-16-22(21-5-1-2-6-24(21)30)25(31)26(32)29-20-11-12-23-18(14-20)4-3-13-28-23/h1-14,16H,15H2,(H,29,32). The van der Waals surface area contributed by atoms with Crippen molar-refractivity contribution >= 4 is 50.8 Å². The first-order chi connectivity index (χ1) is 15.6. The number of amides is 1. The van der Waals surface area contributed by atoms with E-state index in [1.807, 2.05) is 71.3 Å². The van der Waals surface area contributed by atoms with Crippen molar-refractivity contribution in [3.05, 3.63) is 107 Å². The van der Waals surface area contributed by atoms with E-state index in [-0.39, 0.29) is 0 Å². The fraction of sp³-hybridized carbons (Fsp3) is 0.0385. The van der Waals surface area contributed by atoms with Crippen LogP contribution in [0.1, 0.15) is 15.9 Å². The van der Waals surface area contributed by atoms with Crippen molar-refractivity contribution in [1.29, 1.82) is 0 Å². The van der Waals surface area contributed by atoms with Crippen molar-refractivity contribution in [3.63, 3.8) is 0 Å². The van der Waals surface area contributed by atoms with Crippen molar-refractivity contribution in [2.45, 2.75) is 6.54 Å². The van der Waals surface area contributed by atoms with Gasteiger partial charge in [-0.05, 0) is 48.0 Å². The Morgan fingerprint density at radius 3 is 2.59 bits per heavy atom. The average molecular weight is 440 g/mol. The lowest BCUT2D eigenvalue weighted by atomic mass is 10.1. The predicted octanol–water partition coefficient (Wildman–Crippen LogP) is 5.71. The highest BCUT2D eigenvalue weighted by Gasteiger charge is 2.22. The maximum Gasteiger partial charge on any atom is 0.296 e. The Hall–Kier alpha value is -3.96. The number of fused-ring (bicyclic) bond motifs is 2. The molecule has 5 nitrogen and oxygen atoms in total. The maximum atomic E-state index is 13.1. The quantitative estimate of drug-likeness (QED) is 0.281. The van der Waals surface area contributed by atoms with Crippen LogP contribution in [0.4, 0.5) is 5.69 Å². The third-order valence-corrected chi connectivity index (χ3v) is 5.62. The molecule has 0 unspecified atom stereocenters. The Morgan fingerprint density at radius 2 is 1.75 bits per heavy atom. The normalized spacial score (nSPS) is 11.0. The number of nitrogens with one attached hydrogen (secondary N) is 1. The van der Waals surface area contributed by atoms with Gasteiger partial charge in [-0.15, -0.1) is 0 Å². The van der Waals surface area contributed by atoms with Crippen LogP contribution < -0.4 is 5.32 Å². The maximum absolute atomic E-state index is 13.1. The second kappa shape index (κ2) is 8.29. The molecule has 0 saturated heterocycles. The van der Waals surface area contributed by atoms with E-state index in [1.54, 1.807) is 24.5 Å². The summed E-state index contributed by atoms with van der Waals surface area (Å²) in [6, 6.07) is 24.2. The molecule has 156 valence electrons. The molecule has 0 fully saturated rings. The monoisotopic (exact) mass is 439 g/mol. The van der Waals surface area contributed by atoms with Gasteiger partial charge in [-0.25, -0.2) is 0 Å². The first-order valence-corrected chi connectivity index (χ1v) is 10.5. The molecule has 1 amide bonds. The molecule has 0 aliphatic carbocycles. The van der Waals surface area contributed by atoms with Crippen LogP contribution in [0.15, 0.2) is 91.3 Å². The summed E-state index contributed by atoms with van der Waals surface area (Å²) in [4.78, 5) is 30.1. The van der Waals surface area contributed by atoms with Crippen molar-refractivity contribution in [2.24, 2.45) is 0 Å². The molecule has 3 aromatic carbocycles. The minimum Gasteiger partial charge on any atom is -0.342 e. The third-order valence-electron chi connectivity index (χ3n) is 5.37. The lowest BCUT2D eigenvalue weighted by Crippen LogP contribution is -2.22. The first kappa shape index (κ1) is 20.0. The molecule has 0 aliphatic rings. The van der Waals surface area contributed by atoms with Crippen LogP contribution in [0.5, 0.6) is 0 Å². The molecular weight excluding hydrogens is 422 g/mol. The average Bonchev–Trinajstić information content (AvgIpc) is 3.18. The van der Waals surface area contributed by atoms with Gasteiger partial charge in [0.05, 0.1) is 11.1 Å². The summed E-state index contributed by atoms with van der Waals surface area (Å²) in [7, 11) is 0. The third kappa shape index (κ3) is 3.86. The summed E-state index contributed by atoms with van der Waals surface area (Å²) in [5.74, 6) is -1.26. The van der Waals surface area contributed by atoms with Gasteiger partial charge in [0.15, 0.2) is 0 Å². The van der Waals surface area contributed by atoms with E-state index in [0.29, 0.717) is 22.8 Å². The van der Waals surface area contributed by atoms with E-state index in [0.717, 1.165) is 27.4 Å². The number of hydrogen-bond acceptors (Lipinski definition) is 3. The zero-order valence-electron chi connectivity index (χ0n) is 17.0. The van der Waals surface area contributed by atoms with Crippen LogP contribution in [0.25, 0.3) is 21.8 Å². The van der Waals surface area contributed by atoms with Crippen molar-refractivity contribution in [3.8, 4) is 0 Å². The number of nitrogens with zero attached hydrogens (tertiary/aromatic N) is 2. The highest BCUT2D eigenvalue weighted by atomic mass is 35.5. The molecule has 0 atom stereocenters. The summed E-state index contributed by atoms with van der Waals surface area (Å²) in [6.45, 7) is 0.560.